The molecule has 1 aliphatic heterocycles. The number of pyridine rings is 1. The Hall–Kier alpha value is -0.970. The second-order valence-corrected chi connectivity index (χ2v) is 5.46. The van der Waals surface area contributed by atoms with Crippen molar-refractivity contribution in [3.05, 3.63) is 30.1 Å². The molecular formula is C15H26N4. The molecule has 2 N–H and O–H groups in total. The van der Waals surface area contributed by atoms with E-state index in [1.165, 1.54) is 18.5 Å². The van der Waals surface area contributed by atoms with Gasteiger partial charge in [0.05, 0.1) is 0 Å². The first kappa shape index (κ1) is 14.4. The van der Waals surface area contributed by atoms with Crippen LogP contribution in [0.15, 0.2) is 24.5 Å². The Morgan fingerprint density at radius 2 is 1.84 bits per heavy atom. The van der Waals surface area contributed by atoms with E-state index >= 15 is 0 Å². The maximum atomic E-state index is 6.22. The molecule has 1 fully saturated rings. The Morgan fingerprint density at radius 1 is 1.21 bits per heavy atom. The highest BCUT2D eigenvalue weighted by atomic mass is 15.3. The van der Waals surface area contributed by atoms with Gasteiger partial charge in [-0.05, 0) is 37.6 Å². The first-order chi connectivity index (χ1) is 9.22. The highest BCUT2D eigenvalue weighted by molar-refractivity contribution is 5.17. The summed E-state index contributed by atoms with van der Waals surface area (Å²) in [6.07, 6.45) is 4.96. The number of nitrogens with two attached hydrogens (primary N) is 1. The van der Waals surface area contributed by atoms with Crippen LogP contribution in [-0.4, -0.2) is 53.5 Å². The average Bonchev–Trinajstić information content (AvgIpc) is 2.42. The summed E-state index contributed by atoms with van der Waals surface area (Å²) in [7, 11) is 0. The molecule has 4 heteroatoms. The summed E-state index contributed by atoms with van der Waals surface area (Å²) in [6.45, 7) is 10.1. The van der Waals surface area contributed by atoms with Gasteiger partial charge in [-0.2, -0.15) is 0 Å². The van der Waals surface area contributed by atoms with Crippen molar-refractivity contribution < 1.29 is 0 Å². The normalized spacial score (nSPS) is 21.2. The monoisotopic (exact) mass is 262 g/mol. The van der Waals surface area contributed by atoms with E-state index in [-0.39, 0.29) is 6.04 Å². The Labute approximate surface area is 116 Å². The Morgan fingerprint density at radius 3 is 2.37 bits per heavy atom. The lowest BCUT2D eigenvalue weighted by Crippen LogP contribution is -2.50. The fraction of sp³-hybridized carbons (Fsp3) is 0.667. The highest BCUT2D eigenvalue weighted by Gasteiger charge is 2.27. The fourth-order valence-corrected chi connectivity index (χ4v) is 2.99. The zero-order valence-corrected chi connectivity index (χ0v) is 12.1. The van der Waals surface area contributed by atoms with Gasteiger partial charge in [0, 0.05) is 50.7 Å². The minimum Gasteiger partial charge on any atom is -0.326 e. The molecule has 1 aromatic heterocycles. The van der Waals surface area contributed by atoms with Gasteiger partial charge in [0.15, 0.2) is 0 Å². The topological polar surface area (TPSA) is 45.4 Å². The molecule has 19 heavy (non-hydrogen) atoms. The maximum Gasteiger partial charge on any atom is 0.0498 e. The lowest BCUT2D eigenvalue weighted by Gasteiger charge is -2.41. The second-order valence-electron chi connectivity index (χ2n) is 5.46. The zero-order chi connectivity index (χ0) is 13.7. The van der Waals surface area contributed by atoms with Crippen molar-refractivity contribution in [1.29, 1.82) is 0 Å². The van der Waals surface area contributed by atoms with Crippen LogP contribution in [0.25, 0.3) is 0 Å². The van der Waals surface area contributed by atoms with Gasteiger partial charge in [-0.1, -0.05) is 6.92 Å². The summed E-state index contributed by atoms with van der Waals surface area (Å²) < 4.78 is 0. The summed E-state index contributed by atoms with van der Waals surface area (Å²) in [5, 5.41) is 0. The number of nitrogens with zero attached hydrogens (tertiary/aromatic N) is 3. The zero-order valence-electron chi connectivity index (χ0n) is 12.1. The molecule has 0 saturated carbocycles. The Kier molecular flexibility index (Phi) is 5.31. The van der Waals surface area contributed by atoms with E-state index in [0.29, 0.717) is 6.04 Å². The third-order valence-electron chi connectivity index (χ3n) is 3.89. The average molecular weight is 262 g/mol. The lowest BCUT2D eigenvalue weighted by atomic mass is 9.99. The number of hydrogen-bond acceptors (Lipinski definition) is 4. The minimum absolute atomic E-state index is 0.139. The number of rotatable bonds is 5. The van der Waals surface area contributed by atoms with Crippen molar-refractivity contribution >= 4 is 0 Å². The van der Waals surface area contributed by atoms with Crippen LogP contribution in [0.2, 0.25) is 0 Å². The maximum absolute atomic E-state index is 6.22. The molecule has 0 aliphatic carbocycles. The van der Waals surface area contributed by atoms with Gasteiger partial charge in [0.25, 0.3) is 0 Å². The van der Waals surface area contributed by atoms with Crippen molar-refractivity contribution in [2.24, 2.45) is 5.73 Å². The van der Waals surface area contributed by atoms with Crippen LogP contribution in [0.5, 0.6) is 0 Å². The van der Waals surface area contributed by atoms with Crippen molar-refractivity contribution in [1.82, 2.24) is 14.8 Å². The van der Waals surface area contributed by atoms with Gasteiger partial charge in [-0.15, -0.1) is 0 Å². The molecule has 2 atom stereocenters. The number of piperazine rings is 1. The van der Waals surface area contributed by atoms with Crippen LogP contribution in [0.1, 0.15) is 31.9 Å². The fourth-order valence-electron chi connectivity index (χ4n) is 2.99. The Balaban J connectivity index is 2.02. The molecular weight excluding hydrogens is 236 g/mol. The summed E-state index contributed by atoms with van der Waals surface area (Å²) in [4.78, 5) is 9.16. The highest BCUT2D eigenvalue weighted by Crippen LogP contribution is 2.24. The van der Waals surface area contributed by atoms with E-state index in [4.69, 9.17) is 5.73 Å². The summed E-state index contributed by atoms with van der Waals surface area (Å²) in [5.41, 5.74) is 7.50. The van der Waals surface area contributed by atoms with Crippen molar-refractivity contribution in [3.8, 4) is 0 Å². The second kappa shape index (κ2) is 6.98. The van der Waals surface area contributed by atoms with E-state index in [9.17, 15) is 0 Å². The molecule has 106 valence electrons. The molecule has 0 aromatic carbocycles. The number of hydrogen-bond donors (Lipinski definition) is 1. The van der Waals surface area contributed by atoms with Crippen molar-refractivity contribution in [2.45, 2.75) is 32.4 Å². The molecule has 2 heterocycles. The molecule has 0 spiro atoms. The molecule has 2 unspecified atom stereocenters. The lowest BCUT2D eigenvalue weighted by molar-refractivity contribution is 0.0868. The molecule has 1 aromatic rings. The summed E-state index contributed by atoms with van der Waals surface area (Å²) in [6, 6.07) is 4.63. The smallest absolute Gasteiger partial charge is 0.0498 e. The third kappa shape index (κ3) is 3.75. The molecule has 0 radical (unpaired) electrons. The summed E-state index contributed by atoms with van der Waals surface area (Å²) >= 11 is 0. The first-order valence-corrected chi connectivity index (χ1v) is 7.34. The molecule has 0 amide bonds. The SMILES string of the molecule is CCCN1CCN(C(c2ccncc2)C(C)N)CC1. The molecule has 1 aliphatic rings. The quantitative estimate of drug-likeness (QED) is 0.873. The van der Waals surface area contributed by atoms with Crippen LogP contribution in [0, 0.1) is 0 Å². The van der Waals surface area contributed by atoms with Gasteiger partial charge in [-0.25, -0.2) is 0 Å². The minimum atomic E-state index is 0.139. The number of aromatic nitrogens is 1. The van der Waals surface area contributed by atoms with Crippen LogP contribution >= 0.6 is 0 Å². The van der Waals surface area contributed by atoms with Gasteiger partial charge in [0.1, 0.15) is 0 Å². The predicted octanol–water partition coefficient (Wildman–Crippen LogP) is 1.50. The predicted molar refractivity (Wildman–Crippen MR) is 78.9 cm³/mol. The van der Waals surface area contributed by atoms with Gasteiger partial charge < -0.3 is 10.6 Å². The van der Waals surface area contributed by atoms with E-state index < -0.39 is 0 Å². The van der Waals surface area contributed by atoms with Crippen LogP contribution in [0.4, 0.5) is 0 Å². The first-order valence-electron chi connectivity index (χ1n) is 7.34. The van der Waals surface area contributed by atoms with Crippen LogP contribution in [0.3, 0.4) is 0 Å². The Bertz CT molecular complexity index is 358. The van der Waals surface area contributed by atoms with Crippen LogP contribution in [-0.2, 0) is 0 Å². The van der Waals surface area contributed by atoms with E-state index in [1.807, 2.05) is 12.4 Å². The van der Waals surface area contributed by atoms with Gasteiger partial charge >= 0.3 is 0 Å². The van der Waals surface area contributed by atoms with E-state index in [2.05, 4.69) is 40.8 Å². The van der Waals surface area contributed by atoms with E-state index in [1.54, 1.807) is 0 Å². The van der Waals surface area contributed by atoms with E-state index in [0.717, 1.165) is 26.2 Å². The molecule has 0 bridgehead atoms. The largest absolute Gasteiger partial charge is 0.326 e. The van der Waals surface area contributed by atoms with Crippen LogP contribution < -0.4 is 5.73 Å². The van der Waals surface area contributed by atoms with Gasteiger partial charge in [0.2, 0.25) is 0 Å². The molecule has 1 saturated heterocycles. The standard InChI is InChI=1S/C15H26N4/c1-3-8-18-9-11-19(12-10-18)15(13(2)16)14-4-6-17-7-5-14/h4-7,13,15H,3,8-12,16H2,1-2H3. The summed E-state index contributed by atoms with van der Waals surface area (Å²) in [5.74, 6) is 0. The van der Waals surface area contributed by atoms with Crippen molar-refractivity contribution in [2.75, 3.05) is 32.7 Å². The van der Waals surface area contributed by atoms with Crippen molar-refractivity contribution in [3.63, 3.8) is 0 Å². The van der Waals surface area contributed by atoms with Gasteiger partial charge in [-0.3, -0.25) is 9.88 Å². The third-order valence-corrected chi connectivity index (χ3v) is 3.89. The molecule has 4 nitrogen and oxygen atoms in total. The molecule has 2 rings (SSSR count).